The number of sulfonamides is 1. The molecule has 0 spiro atoms. The normalized spacial score (nSPS) is 34.0. The second-order valence-corrected chi connectivity index (χ2v) is 9.35. The average Bonchev–Trinajstić information content (AvgIpc) is 3.25. The molecule has 1 N–H and O–H groups in total. The predicted octanol–water partition coefficient (Wildman–Crippen LogP) is 1.11. The highest BCUT2D eigenvalue weighted by molar-refractivity contribution is 7.90. The number of nitrogens with zero attached hydrogens (tertiary/aromatic N) is 1. The Morgan fingerprint density at radius 2 is 1.71 bits per heavy atom. The Labute approximate surface area is 126 Å². The first-order valence-corrected chi connectivity index (χ1v) is 9.89. The Morgan fingerprint density at radius 3 is 2.33 bits per heavy atom. The molecule has 4 aliphatic rings. The Morgan fingerprint density at radius 1 is 1.05 bits per heavy atom. The van der Waals surface area contributed by atoms with E-state index < -0.39 is 10.0 Å². The number of nitrogens with one attached hydrogen (secondary N) is 1. The lowest BCUT2D eigenvalue weighted by molar-refractivity contribution is -0.136. The Kier molecular flexibility index (Phi) is 3.30. The summed E-state index contributed by atoms with van der Waals surface area (Å²) in [5, 5.41) is -0.389. The summed E-state index contributed by atoms with van der Waals surface area (Å²) in [6, 6.07) is 0.127. The van der Waals surface area contributed by atoms with Crippen LogP contribution in [0.4, 0.5) is 0 Å². The minimum atomic E-state index is -3.24. The van der Waals surface area contributed by atoms with E-state index in [9.17, 15) is 13.2 Å². The summed E-state index contributed by atoms with van der Waals surface area (Å²) >= 11 is 0. The highest BCUT2D eigenvalue weighted by Gasteiger charge is 2.54. The zero-order chi connectivity index (χ0) is 14.6. The average molecular weight is 312 g/mol. The van der Waals surface area contributed by atoms with Gasteiger partial charge >= 0.3 is 0 Å². The first kappa shape index (κ1) is 14.0. The van der Waals surface area contributed by atoms with Gasteiger partial charge in [-0.2, -0.15) is 0 Å². The van der Waals surface area contributed by atoms with Crippen LogP contribution < -0.4 is 4.72 Å². The van der Waals surface area contributed by atoms with Crippen LogP contribution in [0, 0.1) is 17.8 Å². The van der Waals surface area contributed by atoms with E-state index in [1.165, 1.54) is 12.8 Å². The third kappa shape index (κ3) is 2.72. The molecule has 0 aromatic heterocycles. The van der Waals surface area contributed by atoms with Crippen molar-refractivity contribution in [3.05, 3.63) is 0 Å². The van der Waals surface area contributed by atoms with Crippen LogP contribution in [0.2, 0.25) is 0 Å². The molecule has 1 heterocycles. The molecular weight excluding hydrogens is 288 g/mol. The summed E-state index contributed by atoms with van der Waals surface area (Å²) in [6.07, 6.45) is 7.77. The molecule has 0 radical (unpaired) electrons. The molecule has 1 saturated heterocycles. The van der Waals surface area contributed by atoms with Crippen molar-refractivity contribution < 1.29 is 13.2 Å². The Balaban J connectivity index is 1.27. The molecule has 0 aromatic carbocycles. The van der Waals surface area contributed by atoms with Crippen LogP contribution >= 0.6 is 0 Å². The minimum Gasteiger partial charge on any atom is -0.340 e. The molecule has 0 bridgehead atoms. The predicted molar refractivity (Wildman–Crippen MR) is 79.0 cm³/mol. The van der Waals surface area contributed by atoms with Crippen LogP contribution in [0.3, 0.4) is 0 Å². The summed E-state index contributed by atoms with van der Waals surface area (Å²) in [7, 11) is -3.24. The zero-order valence-corrected chi connectivity index (χ0v) is 13.1. The largest absolute Gasteiger partial charge is 0.340 e. The van der Waals surface area contributed by atoms with Gasteiger partial charge in [0, 0.05) is 25.0 Å². The van der Waals surface area contributed by atoms with Gasteiger partial charge in [-0.3, -0.25) is 4.79 Å². The van der Waals surface area contributed by atoms with Crippen molar-refractivity contribution in [3.63, 3.8) is 0 Å². The van der Waals surface area contributed by atoms with Gasteiger partial charge in [0.15, 0.2) is 0 Å². The second kappa shape index (κ2) is 4.95. The zero-order valence-electron chi connectivity index (χ0n) is 12.3. The fourth-order valence-electron chi connectivity index (χ4n) is 3.97. The molecule has 1 amide bonds. The van der Waals surface area contributed by atoms with Gasteiger partial charge in [-0.05, 0) is 43.9 Å². The summed E-state index contributed by atoms with van der Waals surface area (Å²) in [4.78, 5) is 14.0. The van der Waals surface area contributed by atoms with Gasteiger partial charge in [0.05, 0.1) is 0 Å². The molecule has 118 valence electrons. The maximum Gasteiger partial charge on any atom is 0.226 e. The van der Waals surface area contributed by atoms with Crippen molar-refractivity contribution in [2.45, 2.75) is 56.2 Å². The van der Waals surface area contributed by atoms with Crippen molar-refractivity contribution in [1.29, 1.82) is 0 Å². The van der Waals surface area contributed by atoms with Crippen LogP contribution in [0.5, 0.6) is 0 Å². The van der Waals surface area contributed by atoms with E-state index in [0.717, 1.165) is 38.0 Å². The van der Waals surface area contributed by atoms with Crippen molar-refractivity contribution in [1.82, 2.24) is 9.62 Å². The number of hydrogen-bond acceptors (Lipinski definition) is 3. The van der Waals surface area contributed by atoms with Crippen molar-refractivity contribution >= 4 is 15.9 Å². The van der Waals surface area contributed by atoms with Crippen LogP contribution in [-0.4, -0.2) is 43.6 Å². The molecule has 4 rings (SSSR count). The molecule has 1 aliphatic heterocycles. The summed E-state index contributed by atoms with van der Waals surface area (Å²) in [6.45, 7) is 0.795. The lowest BCUT2D eigenvalue weighted by Gasteiger charge is -2.39. The van der Waals surface area contributed by atoms with E-state index >= 15 is 0 Å². The number of hydrogen-bond donors (Lipinski definition) is 1. The van der Waals surface area contributed by atoms with Gasteiger partial charge in [0.25, 0.3) is 0 Å². The highest BCUT2D eigenvalue weighted by atomic mass is 32.2. The highest BCUT2D eigenvalue weighted by Crippen LogP contribution is 2.55. The van der Waals surface area contributed by atoms with Gasteiger partial charge in [-0.15, -0.1) is 0 Å². The minimum absolute atomic E-state index is 0.127. The third-order valence-corrected chi connectivity index (χ3v) is 7.51. The quantitative estimate of drug-likeness (QED) is 0.827. The van der Waals surface area contributed by atoms with Crippen LogP contribution in [0.25, 0.3) is 0 Å². The first-order valence-electron chi connectivity index (χ1n) is 8.34. The molecular formula is C15H24N2O3S. The second-order valence-electron chi connectivity index (χ2n) is 7.35. The molecule has 21 heavy (non-hydrogen) atoms. The maximum absolute atomic E-state index is 12.3. The fourth-order valence-corrected chi connectivity index (χ4v) is 5.61. The molecule has 6 heteroatoms. The summed E-state index contributed by atoms with van der Waals surface area (Å²) in [5.74, 6) is 1.83. The van der Waals surface area contributed by atoms with E-state index in [1.54, 1.807) is 4.90 Å². The smallest absolute Gasteiger partial charge is 0.226 e. The van der Waals surface area contributed by atoms with Crippen LogP contribution in [-0.2, 0) is 14.8 Å². The number of likely N-dealkylation sites (tertiary alicyclic amines) is 1. The van der Waals surface area contributed by atoms with Gasteiger partial charge in [0.2, 0.25) is 15.9 Å². The Hall–Kier alpha value is -0.620. The van der Waals surface area contributed by atoms with Gasteiger partial charge < -0.3 is 4.90 Å². The maximum atomic E-state index is 12.3. The Bertz CT molecular complexity index is 531. The van der Waals surface area contributed by atoms with Crippen molar-refractivity contribution in [2.24, 2.45) is 17.8 Å². The monoisotopic (exact) mass is 312 g/mol. The number of amides is 1. The van der Waals surface area contributed by atoms with E-state index in [0.29, 0.717) is 19.0 Å². The molecule has 2 atom stereocenters. The lowest BCUT2D eigenvalue weighted by atomic mass is 10.1. The summed E-state index contributed by atoms with van der Waals surface area (Å²) in [5.41, 5.74) is 0. The van der Waals surface area contributed by atoms with Gasteiger partial charge in [0.1, 0.15) is 5.25 Å². The molecule has 2 unspecified atom stereocenters. The standard InChI is InChI=1S/C15H24N2O3S/c18-15(14-7-13(14)10-5-6-10)17-8-12(9-17)21(19,20)16-11-3-1-2-4-11/h10-14,16H,1-9H2. The fraction of sp³-hybridized carbons (Fsp3) is 0.933. The van der Waals surface area contributed by atoms with E-state index in [-0.39, 0.29) is 23.1 Å². The molecule has 3 aliphatic carbocycles. The summed E-state index contributed by atoms with van der Waals surface area (Å²) < 4.78 is 27.3. The van der Waals surface area contributed by atoms with Crippen molar-refractivity contribution in [2.75, 3.05) is 13.1 Å². The molecule has 0 aromatic rings. The van der Waals surface area contributed by atoms with Gasteiger partial charge in [-0.1, -0.05) is 12.8 Å². The lowest BCUT2D eigenvalue weighted by Crippen LogP contribution is -2.60. The first-order chi connectivity index (χ1) is 10.0. The van der Waals surface area contributed by atoms with E-state index in [4.69, 9.17) is 0 Å². The molecule has 5 nitrogen and oxygen atoms in total. The van der Waals surface area contributed by atoms with E-state index in [1.807, 2.05) is 0 Å². The number of rotatable bonds is 5. The van der Waals surface area contributed by atoms with Crippen LogP contribution in [0.15, 0.2) is 0 Å². The third-order valence-electron chi connectivity index (χ3n) is 5.67. The van der Waals surface area contributed by atoms with Gasteiger partial charge in [-0.25, -0.2) is 13.1 Å². The molecule has 3 saturated carbocycles. The van der Waals surface area contributed by atoms with E-state index in [2.05, 4.69) is 4.72 Å². The van der Waals surface area contributed by atoms with Crippen molar-refractivity contribution in [3.8, 4) is 0 Å². The van der Waals surface area contributed by atoms with Crippen LogP contribution in [0.1, 0.15) is 44.9 Å². The number of carbonyl (C=O) groups is 1. The topological polar surface area (TPSA) is 66.5 Å². The SMILES string of the molecule is O=C(C1CC1C1CC1)N1CC(S(=O)(=O)NC2CCCC2)C1. The number of carbonyl (C=O) groups excluding carboxylic acids is 1. The molecule has 4 fully saturated rings.